The second-order valence-electron chi connectivity index (χ2n) is 13.0. The summed E-state index contributed by atoms with van der Waals surface area (Å²) < 4.78 is 37.1. The first-order chi connectivity index (χ1) is 21.1. The van der Waals surface area contributed by atoms with Gasteiger partial charge < -0.3 is 29.9 Å². The van der Waals surface area contributed by atoms with Gasteiger partial charge in [0.25, 0.3) is 0 Å². The number of hydrogen-bond donors (Lipinski definition) is 2. The van der Waals surface area contributed by atoms with Crippen LogP contribution in [-0.4, -0.2) is 64.9 Å². The van der Waals surface area contributed by atoms with Gasteiger partial charge in [-0.3, -0.25) is 0 Å². The molecule has 1 fully saturated rings. The van der Waals surface area contributed by atoms with Crippen molar-refractivity contribution in [3.05, 3.63) is 77.0 Å². The Morgan fingerprint density at radius 3 is 1.50 bits per heavy atom. The molecule has 1 saturated heterocycles. The molecule has 2 aromatic heterocycles. The van der Waals surface area contributed by atoms with E-state index in [-0.39, 0.29) is 26.1 Å². The van der Waals surface area contributed by atoms with Gasteiger partial charge >= 0.3 is 7.12 Å². The maximum Gasteiger partial charge on any atom is 0.494 e. The van der Waals surface area contributed by atoms with Gasteiger partial charge in [0.2, 0.25) is 0 Å². The van der Waals surface area contributed by atoms with Gasteiger partial charge in [0.1, 0.15) is 14.3 Å². The zero-order valence-electron chi connectivity index (χ0n) is 28.2. The molecule has 262 valence electrons. The normalized spacial score (nSPS) is 14.7. The molecular formula is C34H52BBrN6O4P2. The third-order valence-electron chi connectivity index (χ3n) is 7.56. The number of halogens is 1. The number of aryl methyl sites for hydroxylation is 2. The molecule has 4 N–H and O–H groups in total. The molecule has 10 nitrogen and oxygen atoms in total. The van der Waals surface area contributed by atoms with E-state index in [4.69, 9.17) is 20.8 Å². The molecule has 0 aliphatic carbocycles. The van der Waals surface area contributed by atoms with Gasteiger partial charge in [0.05, 0.1) is 11.2 Å². The lowest BCUT2D eigenvalue weighted by atomic mass is 9.79. The lowest BCUT2D eigenvalue weighted by molar-refractivity contribution is 0.00578. The molecule has 0 atom stereocenters. The second kappa shape index (κ2) is 16.7. The number of anilines is 2. The summed E-state index contributed by atoms with van der Waals surface area (Å²) in [5, 5.41) is 1.37. The van der Waals surface area contributed by atoms with Crippen molar-refractivity contribution in [2.75, 3.05) is 38.1 Å². The van der Waals surface area contributed by atoms with Gasteiger partial charge in [0, 0.05) is 52.3 Å². The molecule has 5 rings (SSSR count). The van der Waals surface area contributed by atoms with E-state index in [0.29, 0.717) is 32.5 Å². The first-order valence-corrected chi connectivity index (χ1v) is 20.6. The number of nitrogens with two attached hydrogens (primary N) is 2. The highest BCUT2D eigenvalue weighted by atomic mass is 79.9. The minimum Gasteiger partial charge on any atom is -0.399 e. The van der Waals surface area contributed by atoms with Crippen molar-refractivity contribution >= 4 is 64.8 Å². The van der Waals surface area contributed by atoms with Gasteiger partial charge in [-0.05, 0) is 131 Å². The van der Waals surface area contributed by atoms with E-state index in [1.807, 2.05) is 65.8 Å². The number of aromatic nitrogens is 4. The number of rotatable bonds is 4. The van der Waals surface area contributed by atoms with E-state index in [2.05, 4.69) is 35.9 Å². The van der Waals surface area contributed by atoms with Crippen LogP contribution in [-0.2, 0) is 18.4 Å². The summed E-state index contributed by atoms with van der Waals surface area (Å²) in [7, 11) is -5.27. The van der Waals surface area contributed by atoms with E-state index in [1.165, 1.54) is 0 Å². The van der Waals surface area contributed by atoms with Crippen molar-refractivity contribution < 1.29 is 18.4 Å². The van der Waals surface area contributed by atoms with E-state index >= 15 is 0 Å². The zero-order valence-corrected chi connectivity index (χ0v) is 31.6. The van der Waals surface area contributed by atoms with Crippen LogP contribution in [0.5, 0.6) is 0 Å². The molecule has 2 aromatic carbocycles. The highest BCUT2D eigenvalue weighted by Crippen LogP contribution is 2.39. The first kappa shape index (κ1) is 43.1. The van der Waals surface area contributed by atoms with Crippen molar-refractivity contribution in [2.45, 2.75) is 67.6 Å². The Morgan fingerprint density at radius 2 is 1.08 bits per heavy atom. The lowest BCUT2D eigenvalue weighted by Crippen LogP contribution is -2.41. The Labute approximate surface area is 296 Å². The van der Waals surface area contributed by atoms with Crippen LogP contribution in [0.15, 0.2) is 65.9 Å². The van der Waals surface area contributed by atoms with Crippen LogP contribution in [0.4, 0.5) is 11.4 Å². The lowest BCUT2D eigenvalue weighted by Gasteiger charge is -2.32. The van der Waals surface area contributed by atoms with Crippen LogP contribution in [0.1, 0.15) is 53.7 Å². The Morgan fingerprint density at radius 1 is 0.688 bits per heavy atom. The third kappa shape index (κ3) is 11.3. The summed E-state index contributed by atoms with van der Waals surface area (Å²) in [6.45, 7) is 18.8. The van der Waals surface area contributed by atoms with Gasteiger partial charge in [-0.2, -0.15) is 0 Å². The Bertz CT molecular complexity index is 1720. The largest absolute Gasteiger partial charge is 0.494 e. The average Bonchev–Trinajstić information content (AvgIpc) is 3.17. The molecule has 48 heavy (non-hydrogen) atoms. The Hall–Kier alpha value is -2.88. The highest BCUT2D eigenvalue weighted by molar-refractivity contribution is 9.10. The summed E-state index contributed by atoms with van der Waals surface area (Å²) in [6, 6.07) is 10.9. The van der Waals surface area contributed by atoms with Crippen molar-refractivity contribution in [2.24, 2.45) is 0 Å². The molecule has 1 aliphatic heterocycles. The summed E-state index contributed by atoms with van der Waals surface area (Å²) >= 11 is 3.12. The van der Waals surface area contributed by atoms with E-state index in [0.717, 1.165) is 22.2 Å². The first-order valence-electron chi connectivity index (χ1n) is 14.6. The fourth-order valence-corrected chi connectivity index (χ4v) is 6.73. The van der Waals surface area contributed by atoms with Crippen LogP contribution >= 0.6 is 30.2 Å². The maximum absolute atomic E-state index is 12.3. The average molecular weight is 761 g/mol. The maximum atomic E-state index is 12.3. The van der Waals surface area contributed by atoms with Crippen LogP contribution in [0.3, 0.4) is 0 Å². The summed E-state index contributed by atoms with van der Waals surface area (Å²) in [5.41, 5.74) is 15.9. The van der Waals surface area contributed by atoms with Crippen molar-refractivity contribution in [3.8, 4) is 11.4 Å². The quantitative estimate of drug-likeness (QED) is 0.0969. The molecule has 0 radical (unpaired) electrons. The van der Waals surface area contributed by atoms with Crippen molar-refractivity contribution in [3.63, 3.8) is 0 Å². The summed E-state index contributed by atoms with van der Waals surface area (Å²) in [4.78, 5) is 16.3. The minimum atomic E-state index is -2.42. The zero-order chi connectivity index (χ0) is 34.7. The van der Waals surface area contributed by atoms with Gasteiger partial charge in [-0.25, -0.2) is 19.9 Å². The predicted octanol–water partition coefficient (Wildman–Crippen LogP) is 6.92. The second-order valence-corrected chi connectivity index (χ2v) is 20.1. The number of benzene rings is 2. The molecule has 14 heteroatoms. The predicted molar refractivity (Wildman–Crippen MR) is 209 cm³/mol. The number of hydrogen-bond acceptors (Lipinski definition) is 10. The third-order valence-corrected chi connectivity index (χ3v) is 11.1. The molecule has 0 unspecified atom stereocenters. The fourth-order valence-electron chi connectivity index (χ4n) is 4.22. The number of nitrogens with zero attached hydrogens (tertiary/aromatic N) is 4. The van der Waals surface area contributed by atoms with Crippen molar-refractivity contribution in [1.29, 1.82) is 0 Å². The molecule has 3 heterocycles. The standard InChI is InChI=1S/C14H23BNO3P.C13H16N3OP.C5H5BrN2.2CH4/c1-13(2)14(3,4)19-15(18-13)10-7-8-11(16)12(9-10)20(5,6)17;1-9-7-15-13(16-8-9)10-4-5-11(14)12(6-10)18(2,3)17;1-4-2-7-5(6)8-3-4;;/h7-9H,16H2,1-6H3;4-8H,14H2,1-3H3;2-3H,1H3;2*1H4. The van der Waals surface area contributed by atoms with Gasteiger partial charge in [0.15, 0.2) is 10.6 Å². The van der Waals surface area contributed by atoms with Crippen molar-refractivity contribution in [1.82, 2.24) is 19.9 Å². The van der Waals surface area contributed by atoms with E-state index < -0.39 is 21.4 Å². The number of nitrogen functional groups attached to an aromatic ring is 2. The van der Waals surface area contributed by atoms with Gasteiger partial charge in [-0.1, -0.05) is 20.9 Å². The molecule has 0 bridgehead atoms. The monoisotopic (exact) mass is 760 g/mol. The van der Waals surface area contributed by atoms with Crippen LogP contribution in [0, 0.1) is 13.8 Å². The topological polar surface area (TPSA) is 156 Å². The molecular weight excluding hydrogens is 709 g/mol. The molecule has 0 amide bonds. The smallest absolute Gasteiger partial charge is 0.399 e. The fraction of sp³-hybridized carbons (Fsp3) is 0.412. The van der Waals surface area contributed by atoms with Crippen LogP contribution in [0.2, 0.25) is 0 Å². The Balaban J connectivity index is 0.000000380. The summed E-state index contributed by atoms with van der Waals surface area (Å²) in [5.74, 6) is 0.621. The van der Waals surface area contributed by atoms with E-state index in [9.17, 15) is 9.13 Å². The molecule has 0 saturated carbocycles. The summed E-state index contributed by atoms with van der Waals surface area (Å²) in [6.07, 6.45) is 7.04. The Kier molecular flexibility index (Phi) is 15.0. The highest BCUT2D eigenvalue weighted by Gasteiger charge is 2.51. The molecule has 0 spiro atoms. The molecule has 4 aromatic rings. The van der Waals surface area contributed by atoms with E-state index in [1.54, 1.807) is 63.6 Å². The van der Waals surface area contributed by atoms with Gasteiger partial charge in [-0.15, -0.1) is 0 Å². The SMILES string of the molecule is C.C.CC1(C)OB(c2ccc(N)c(P(C)(C)=O)c2)OC1(C)C.Cc1cnc(-c2ccc(N)c(P(C)(C)=O)c2)nc1.Cc1cnc(Br)nc1. The molecule has 1 aliphatic rings. The van der Waals surface area contributed by atoms with Crippen LogP contribution in [0.25, 0.3) is 11.4 Å². The van der Waals surface area contributed by atoms with Crippen LogP contribution < -0.4 is 27.5 Å². The minimum absolute atomic E-state index is 0.